The summed E-state index contributed by atoms with van der Waals surface area (Å²) in [4.78, 5) is 10.5. The predicted octanol–water partition coefficient (Wildman–Crippen LogP) is 1.36. The molecule has 0 amide bonds. The molecule has 6 nitrogen and oxygen atoms in total. The number of nitrogens with zero attached hydrogens (tertiary/aromatic N) is 1. The highest BCUT2D eigenvalue weighted by Gasteiger charge is 2.23. The highest BCUT2D eigenvalue weighted by molar-refractivity contribution is 7.93. The van der Waals surface area contributed by atoms with Crippen molar-refractivity contribution in [2.24, 2.45) is 0 Å². The Morgan fingerprint density at radius 2 is 2.00 bits per heavy atom. The van der Waals surface area contributed by atoms with Gasteiger partial charge in [0.05, 0.1) is 12.5 Å². The monoisotopic (exact) mass is 282 g/mol. The fourth-order valence-corrected chi connectivity index (χ4v) is 2.67. The van der Waals surface area contributed by atoms with E-state index >= 15 is 0 Å². The third-order valence-corrected chi connectivity index (χ3v) is 4.17. The van der Waals surface area contributed by atoms with Crippen LogP contribution >= 0.6 is 0 Å². The molecule has 1 aromatic rings. The Morgan fingerprint density at radius 3 is 2.42 bits per heavy atom. The third kappa shape index (κ3) is 4.26. The second-order valence-corrected chi connectivity index (χ2v) is 5.80. The van der Waals surface area contributed by atoms with Gasteiger partial charge in [-0.15, -0.1) is 0 Å². The van der Waals surface area contributed by atoms with Crippen molar-refractivity contribution < 1.29 is 18.3 Å². The maximum Gasteiger partial charge on any atom is 0.307 e. The summed E-state index contributed by atoms with van der Waals surface area (Å²) in [5.74, 6) is -0.955. The summed E-state index contributed by atoms with van der Waals surface area (Å²) in [6.07, 6.45) is 0.0751. The molecule has 0 fully saturated rings. The van der Waals surface area contributed by atoms with Gasteiger partial charge in [-0.05, 0) is 24.1 Å². The zero-order valence-corrected chi connectivity index (χ0v) is 11.1. The molecule has 1 atom stereocenters. The molecule has 0 aliphatic rings. The smallest absolute Gasteiger partial charge is 0.307 e. The second-order valence-electron chi connectivity index (χ2n) is 3.94. The van der Waals surface area contributed by atoms with E-state index in [-0.39, 0.29) is 12.8 Å². The summed E-state index contributed by atoms with van der Waals surface area (Å²) in [6.45, 7) is 1.61. The van der Waals surface area contributed by atoms with E-state index in [1.807, 2.05) is 0 Å². The molecule has 0 bridgehead atoms. The topological polar surface area (TPSA) is 107 Å². The van der Waals surface area contributed by atoms with Gasteiger partial charge in [0.25, 0.3) is 0 Å². The van der Waals surface area contributed by atoms with Crippen LogP contribution in [0, 0.1) is 11.3 Å². The van der Waals surface area contributed by atoms with Crippen molar-refractivity contribution in [3.8, 4) is 6.07 Å². The number of anilines is 1. The summed E-state index contributed by atoms with van der Waals surface area (Å²) in [6, 6.07) is 7.72. The number of benzene rings is 1. The minimum absolute atomic E-state index is 0.122. The van der Waals surface area contributed by atoms with Crippen molar-refractivity contribution in [1.29, 1.82) is 5.26 Å². The summed E-state index contributed by atoms with van der Waals surface area (Å²) in [5.41, 5.74) is 0.880. The molecule has 0 saturated heterocycles. The minimum Gasteiger partial charge on any atom is -0.481 e. The molecular formula is C12H14N2O4S. The number of sulfonamides is 1. The number of hydrogen-bond acceptors (Lipinski definition) is 4. The SMILES string of the molecule is CCC(C#N)S(=O)(=O)Nc1ccc(CC(=O)O)cc1. The lowest BCUT2D eigenvalue weighted by atomic mass is 10.1. The van der Waals surface area contributed by atoms with Gasteiger partial charge >= 0.3 is 5.97 Å². The zero-order valence-electron chi connectivity index (χ0n) is 10.3. The molecular weight excluding hydrogens is 268 g/mol. The molecule has 0 saturated carbocycles. The molecule has 1 aromatic carbocycles. The van der Waals surface area contributed by atoms with Gasteiger partial charge in [0, 0.05) is 5.69 Å². The Balaban J connectivity index is 2.84. The van der Waals surface area contributed by atoms with E-state index in [2.05, 4.69) is 4.72 Å². The van der Waals surface area contributed by atoms with Crippen LogP contribution in [-0.4, -0.2) is 24.7 Å². The molecule has 19 heavy (non-hydrogen) atoms. The van der Waals surface area contributed by atoms with Crippen molar-refractivity contribution in [2.75, 3.05) is 4.72 Å². The highest BCUT2D eigenvalue weighted by Crippen LogP contribution is 2.15. The largest absolute Gasteiger partial charge is 0.481 e. The molecule has 0 spiro atoms. The van der Waals surface area contributed by atoms with E-state index < -0.39 is 21.2 Å². The molecule has 7 heteroatoms. The number of hydrogen-bond donors (Lipinski definition) is 2. The number of aliphatic carboxylic acids is 1. The summed E-state index contributed by atoms with van der Waals surface area (Å²) in [5, 5.41) is 16.3. The lowest BCUT2D eigenvalue weighted by Gasteiger charge is -2.11. The van der Waals surface area contributed by atoms with E-state index in [4.69, 9.17) is 10.4 Å². The molecule has 0 aliphatic heterocycles. The summed E-state index contributed by atoms with van der Waals surface area (Å²) >= 11 is 0. The van der Waals surface area contributed by atoms with Gasteiger partial charge in [-0.1, -0.05) is 19.1 Å². The van der Waals surface area contributed by atoms with Gasteiger partial charge in [-0.25, -0.2) is 8.42 Å². The molecule has 0 heterocycles. The molecule has 0 radical (unpaired) electrons. The number of nitriles is 1. The van der Waals surface area contributed by atoms with Crippen molar-refractivity contribution in [1.82, 2.24) is 0 Å². The van der Waals surface area contributed by atoms with Crippen molar-refractivity contribution in [3.05, 3.63) is 29.8 Å². The maximum atomic E-state index is 11.8. The Hall–Kier alpha value is -2.07. The fraction of sp³-hybridized carbons (Fsp3) is 0.333. The standard InChI is InChI=1S/C12H14N2O4S/c1-2-11(8-13)19(17,18)14-10-5-3-9(4-6-10)7-12(15)16/h3-6,11,14H,2,7H2,1H3,(H,15,16). The number of rotatable bonds is 6. The maximum absolute atomic E-state index is 11.8. The van der Waals surface area contributed by atoms with Crippen LogP contribution < -0.4 is 4.72 Å². The summed E-state index contributed by atoms with van der Waals surface area (Å²) < 4.78 is 25.9. The first-order valence-corrected chi connectivity index (χ1v) is 7.15. The predicted molar refractivity (Wildman–Crippen MR) is 70.0 cm³/mol. The average molecular weight is 282 g/mol. The third-order valence-electron chi connectivity index (χ3n) is 2.46. The van der Waals surface area contributed by atoms with Crippen LogP contribution in [0.2, 0.25) is 0 Å². The van der Waals surface area contributed by atoms with Crippen LogP contribution in [0.1, 0.15) is 18.9 Å². The number of carboxylic acid groups (broad SMARTS) is 1. The minimum atomic E-state index is -3.74. The number of carboxylic acids is 1. The molecule has 1 rings (SSSR count). The van der Waals surface area contributed by atoms with Crippen LogP contribution in [0.25, 0.3) is 0 Å². The van der Waals surface area contributed by atoms with Gasteiger partial charge in [-0.3, -0.25) is 9.52 Å². The first-order valence-electron chi connectivity index (χ1n) is 5.61. The second kappa shape index (κ2) is 6.20. The molecule has 0 aliphatic carbocycles. The molecule has 102 valence electrons. The van der Waals surface area contributed by atoms with E-state index in [1.54, 1.807) is 13.0 Å². The van der Waals surface area contributed by atoms with Gasteiger partial charge < -0.3 is 5.11 Å². The lowest BCUT2D eigenvalue weighted by molar-refractivity contribution is -0.136. The fourth-order valence-electron chi connectivity index (χ4n) is 1.48. The van der Waals surface area contributed by atoms with E-state index in [1.165, 1.54) is 24.3 Å². The average Bonchev–Trinajstić information content (AvgIpc) is 2.31. The van der Waals surface area contributed by atoms with Crippen LogP contribution in [-0.2, 0) is 21.2 Å². The summed E-state index contributed by atoms with van der Waals surface area (Å²) in [7, 11) is -3.74. The Bertz CT molecular complexity index is 587. The number of carbonyl (C=O) groups is 1. The molecule has 0 aromatic heterocycles. The Kier molecular flexibility index (Phi) is 4.89. The Morgan fingerprint density at radius 1 is 1.42 bits per heavy atom. The van der Waals surface area contributed by atoms with E-state index in [0.717, 1.165) is 0 Å². The first-order chi connectivity index (χ1) is 8.89. The van der Waals surface area contributed by atoms with Crippen molar-refractivity contribution in [3.63, 3.8) is 0 Å². The van der Waals surface area contributed by atoms with Crippen LogP contribution in [0.5, 0.6) is 0 Å². The van der Waals surface area contributed by atoms with E-state index in [0.29, 0.717) is 11.3 Å². The first kappa shape index (κ1) is 15.0. The van der Waals surface area contributed by atoms with Gasteiger partial charge in [0.2, 0.25) is 10.0 Å². The van der Waals surface area contributed by atoms with Crippen LogP contribution in [0.15, 0.2) is 24.3 Å². The van der Waals surface area contributed by atoms with Gasteiger partial charge in [0.15, 0.2) is 5.25 Å². The quantitative estimate of drug-likeness (QED) is 0.819. The Labute approximate surface area is 111 Å². The van der Waals surface area contributed by atoms with Crippen molar-refractivity contribution >= 4 is 21.7 Å². The normalized spacial score (nSPS) is 12.4. The van der Waals surface area contributed by atoms with Crippen molar-refractivity contribution in [2.45, 2.75) is 25.0 Å². The molecule has 2 N–H and O–H groups in total. The lowest BCUT2D eigenvalue weighted by Crippen LogP contribution is -2.25. The van der Waals surface area contributed by atoms with Gasteiger partial charge in [0.1, 0.15) is 0 Å². The zero-order chi connectivity index (χ0) is 14.5. The van der Waals surface area contributed by atoms with Crippen LogP contribution in [0.3, 0.4) is 0 Å². The molecule has 1 unspecified atom stereocenters. The highest BCUT2D eigenvalue weighted by atomic mass is 32.2. The van der Waals surface area contributed by atoms with Crippen LogP contribution in [0.4, 0.5) is 5.69 Å². The number of nitrogens with one attached hydrogen (secondary N) is 1. The van der Waals surface area contributed by atoms with E-state index in [9.17, 15) is 13.2 Å². The van der Waals surface area contributed by atoms with Gasteiger partial charge in [-0.2, -0.15) is 5.26 Å².